The molecule has 2 heterocycles. The Hall–Kier alpha value is -2.24. The van der Waals surface area contributed by atoms with E-state index in [-0.39, 0.29) is 5.95 Å². The summed E-state index contributed by atoms with van der Waals surface area (Å²) in [5.74, 6) is 1.07. The Morgan fingerprint density at radius 2 is 2.07 bits per heavy atom. The van der Waals surface area contributed by atoms with Gasteiger partial charge in [-0.15, -0.1) is 0 Å². The van der Waals surface area contributed by atoms with Crippen molar-refractivity contribution in [3.05, 3.63) is 24.4 Å². The Kier molecular flexibility index (Phi) is 2.40. The van der Waals surface area contributed by atoms with Crippen molar-refractivity contribution in [2.24, 2.45) is 0 Å². The van der Waals surface area contributed by atoms with Gasteiger partial charge in [0.1, 0.15) is 5.69 Å². The first-order chi connectivity index (χ1) is 7.29. The molecule has 6 heteroatoms. The molecule has 2 aromatic heterocycles. The quantitative estimate of drug-likeness (QED) is 0.739. The van der Waals surface area contributed by atoms with E-state index in [1.54, 1.807) is 13.2 Å². The minimum absolute atomic E-state index is 0.176. The van der Waals surface area contributed by atoms with Gasteiger partial charge in [0.05, 0.1) is 0 Å². The molecule has 0 aliphatic carbocycles. The van der Waals surface area contributed by atoms with Crippen LogP contribution < -0.4 is 11.1 Å². The van der Waals surface area contributed by atoms with E-state index in [2.05, 4.69) is 25.3 Å². The number of hydrogen-bond donors (Lipinski definition) is 2. The molecule has 6 nitrogen and oxygen atoms in total. The van der Waals surface area contributed by atoms with Crippen LogP contribution in [0.2, 0.25) is 0 Å². The number of nitrogens with two attached hydrogens (primary N) is 1. The molecule has 0 atom stereocenters. The monoisotopic (exact) mass is 202 g/mol. The third kappa shape index (κ3) is 1.98. The van der Waals surface area contributed by atoms with Gasteiger partial charge in [0, 0.05) is 13.2 Å². The van der Waals surface area contributed by atoms with Gasteiger partial charge in [-0.05, 0) is 12.1 Å². The van der Waals surface area contributed by atoms with Gasteiger partial charge in [-0.3, -0.25) is 4.98 Å². The largest absolute Gasteiger partial charge is 0.368 e. The number of nitrogen functional groups attached to an aromatic ring is 1. The summed E-state index contributed by atoms with van der Waals surface area (Å²) in [6.07, 6.45) is 1.67. The molecule has 15 heavy (non-hydrogen) atoms. The zero-order valence-corrected chi connectivity index (χ0v) is 8.18. The van der Waals surface area contributed by atoms with Crippen LogP contribution in [0.15, 0.2) is 24.4 Å². The van der Waals surface area contributed by atoms with E-state index in [1.165, 1.54) is 0 Å². The highest BCUT2D eigenvalue weighted by Crippen LogP contribution is 2.13. The van der Waals surface area contributed by atoms with E-state index in [4.69, 9.17) is 5.73 Å². The first-order valence-corrected chi connectivity index (χ1v) is 4.40. The highest BCUT2D eigenvalue weighted by Gasteiger charge is 2.05. The van der Waals surface area contributed by atoms with Crippen LogP contribution in [0.25, 0.3) is 11.5 Å². The Balaban J connectivity index is 2.49. The summed E-state index contributed by atoms with van der Waals surface area (Å²) in [6.45, 7) is 0. The van der Waals surface area contributed by atoms with Gasteiger partial charge in [0.15, 0.2) is 5.82 Å². The average molecular weight is 202 g/mol. The molecule has 0 spiro atoms. The Labute approximate surface area is 86.6 Å². The Morgan fingerprint density at radius 1 is 1.20 bits per heavy atom. The molecule has 0 saturated carbocycles. The van der Waals surface area contributed by atoms with E-state index in [9.17, 15) is 0 Å². The van der Waals surface area contributed by atoms with Crippen molar-refractivity contribution in [2.75, 3.05) is 18.1 Å². The first-order valence-electron chi connectivity index (χ1n) is 4.40. The summed E-state index contributed by atoms with van der Waals surface area (Å²) < 4.78 is 0. The summed E-state index contributed by atoms with van der Waals surface area (Å²) in [7, 11) is 1.72. The summed E-state index contributed by atoms with van der Waals surface area (Å²) in [6, 6.07) is 5.50. The molecular formula is C9H10N6. The molecule has 0 radical (unpaired) electrons. The second kappa shape index (κ2) is 3.87. The molecule has 0 aliphatic rings. The van der Waals surface area contributed by atoms with Gasteiger partial charge in [-0.2, -0.15) is 15.0 Å². The Morgan fingerprint density at radius 3 is 2.73 bits per heavy atom. The molecule has 0 unspecified atom stereocenters. The zero-order valence-electron chi connectivity index (χ0n) is 8.18. The first kappa shape index (κ1) is 9.32. The highest BCUT2D eigenvalue weighted by atomic mass is 15.2. The third-order valence-electron chi connectivity index (χ3n) is 1.77. The van der Waals surface area contributed by atoms with Crippen molar-refractivity contribution in [3.8, 4) is 11.5 Å². The van der Waals surface area contributed by atoms with Crippen LogP contribution in [-0.2, 0) is 0 Å². The minimum Gasteiger partial charge on any atom is -0.368 e. The van der Waals surface area contributed by atoms with Crippen molar-refractivity contribution >= 4 is 11.9 Å². The van der Waals surface area contributed by atoms with Crippen molar-refractivity contribution in [1.29, 1.82) is 0 Å². The molecule has 0 saturated heterocycles. The predicted molar refractivity (Wildman–Crippen MR) is 57.0 cm³/mol. The lowest BCUT2D eigenvalue weighted by molar-refractivity contribution is 1.05. The number of pyridine rings is 1. The molecule has 0 bridgehead atoms. The summed E-state index contributed by atoms with van der Waals surface area (Å²) in [5.41, 5.74) is 6.21. The Bertz CT molecular complexity index is 455. The van der Waals surface area contributed by atoms with E-state index < -0.39 is 0 Å². The lowest BCUT2D eigenvalue weighted by atomic mass is 10.3. The fourth-order valence-corrected chi connectivity index (χ4v) is 1.11. The molecule has 0 amide bonds. The van der Waals surface area contributed by atoms with Gasteiger partial charge in [0.2, 0.25) is 11.9 Å². The normalized spacial score (nSPS) is 9.93. The second-order valence-corrected chi connectivity index (χ2v) is 2.81. The van der Waals surface area contributed by atoms with Crippen molar-refractivity contribution < 1.29 is 0 Å². The molecule has 0 fully saturated rings. The maximum Gasteiger partial charge on any atom is 0.227 e. The zero-order chi connectivity index (χ0) is 10.7. The van der Waals surface area contributed by atoms with Crippen molar-refractivity contribution in [2.45, 2.75) is 0 Å². The van der Waals surface area contributed by atoms with Gasteiger partial charge in [-0.1, -0.05) is 6.07 Å². The molecular weight excluding hydrogens is 192 g/mol. The molecule has 2 aromatic rings. The number of rotatable bonds is 2. The van der Waals surface area contributed by atoms with E-state index in [0.29, 0.717) is 17.5 Å². The van der Waals surface area contributed by atoms with Gasteiger partial charge in [-0.25, -0.2) is 0 Å². The van der Waals surface area contributed by atoms with Crippen LogP contribution in [0, 0.1) is 0 Å². The van der Waals surface area contributed by atoms with Crippen LogP contribution >= 0.6 is 0 Å². The lowest BCUT2D eigenvalue weighted by Crippen LogP contribution is -2.05. The fourth-order valence-electron chi connectivity index (χ4n) is 1.11. The van der Waals surface area contributed by atoms with Crippen molar-refractivity contribution in [3.63, 3.8) is 0 Å². The maximum absolute atomic E-state index is 5.54. The number of anilines is 2. The summed E-state index contributed by atoms with van der Waals surface area (Å²) in [4.78, 5) is 16.2. The van der Waals surface area contributed by atoms with E-state index >= 15 is 0 Å². The molecule has 0 aromatic carbocycles. The third-order valence-corrected chi connectivity index (χ3v) is 1.77. The number of nitrogens with zero attached hydrogens (tertiary/aromatic N) is 4. The fraction of sp³-hybridized carbons (Fsp3) is 0.111. The topological polar surface area (TPSA) is 89.6 Å². The smallest absolute Gasteiger partial charge is 0.227 e. The number of hydrogen-bond acceptors (Lipinski definition) is 6. The van der Waals surface area contributed by atoms with Crippen LogP contribution in [0.1, 0.15) is 0 Å². The van der Waals surface area contributed by atoms with Crippen LogP contribution in [0.5, 0.6) is 0 Å². The van der Waals surface area contributed by atoms with Gasteiger partial charge >= 0.3 is 0 Å². The maximum atomic E-state index is 5.54. The van der Waals surface area contributed by atoms with Crippen LogP contribution in [0.4, 0.5) is 11.9 Å². The average Bonchev–Trinajstić information content (AvgIpc) is 2.29. The molecule has 2 rings (SSSR count). The highest BCUT2D eigenvalue weighted by molar-refractivity contribution is 5.52. The number of nitrogens with one attached hydrogen (secondary N) is 1. The van der Waals surface area contributed by atoms with Gasteiger partial charge < -0.3 is 11.1 Å². The SMILES string of the molecule is CNc1nc(N)nc(-c2ccccn2)n1. The van der Waals surface area contributed by atoms with E-state index in [1.807, 2.05) is 18.2 Å². The van der Waals surface area contributed by atoms with Gasteiger partial charge in [0.25, 0.3) is 0 Å². The molecule has 3 N–H and O–H groups in total. The van der Waals surface area contributed by atoms with Crippen LogP contribution in [-0.4, -0.2) is 27.0 Å². The summed E-state index contributed by atoms with van der Waals surface area (Å²) in [5, 5.41) is 2.81. The summed E-state index contributed by atoms with van der Waals surface area (Å²) >= 11 is 0. The second-order valence-electron chi connectivity index (χ2n) is 2.81. The number of aromatic nitrogens is 4. The minimum atomic E-state index is 0.176. The molecule has 0 aliphatic heterocycles. The molecule has 76 valence electrons. The predicted octanol–water partition coefficient (Wildman–Crippen LogP) is 0.558. The van der Waals surface area contributed by atoms with E-state index in [0.717, 1.165) is 0 Å². The van der Waals surface area contributed by atoms with Crippen LogP contribution in [0.3, 0.4) is 0 Å². The lowest BCUT2D eigenvalue weighted by Gasteiger charge is -2.02. The van der Waals surface area contributed by atoms with Crippen molar-refractivity contribution in [1.82, 2.24) is 19.9 Å². The standard InChI is InChI=1S/C9H10N6/c1-11-9-14-7(13-8(10)15-9)6-4-2-3-5-12-6/h2-5H,1H3,(H3,10,11,13,14,15).